The second kappa shape index (κ2) is 13.0. The van der Waals surface area contributed by atoms with Crippen molar-refractivity contribution in [3.05, 3.63) is 192 Å². The van der Waals surface area contributed by atoms with Crippen LogP contribution >= 0.6 is 0 Å². The number of para-hydroxylation sites is 2. The van der Waals surface area contributed by atoms with Crippen LogP contribution in [0.1, 0.15) is 41.0 Å². The minimum atomic E-state index is -0.263. The number of benzene rings is 7. The second-order valence-corrected chi connectivity index (χ2v) is 15.8. The Morgan fingerprint density at radius 3 is 2.10 bits per heavy atom. The van der Waals surface area contributed by atoms with Crippen molar-refractivity contribution in [1.82, 2.24) is 9.47 Å². The lowest BCUT2D eigenvalue weighted by Gasteiger charge is -2.32. The fraction of sp³-hybridized carbons (Fsp3) is 0.0943. The lowest BCUT2D eigenvalue weighted by Crippen LogP contribution is -2.35. The molecular weight excluding hydrogens is 725 g/mol. The van der Waals surface area contributed by atoms with E-state index < -0.39 is 0 Å². The van der Waals surface area contributed by atoms with Crippen molar-refractivity contribution >= 4 is 72.5 Å². The van der Waals surface area contributed by atoms with E-state index in [1.807, 2.05) is 24.3 Å². The van der Waals surface area contributed by atoms with Gasteiger partial charge >= 0.3 is 0 Å². The average molecular weight is 763 g/mol. The van der Waals surface area contributed by atoms with Crippen LogP contribution < -0.4 is 0 Å². The molecule has 2 aliphatic rings. The fourth-order valence-electron chi connectivity index (χ4n) is 9.49. The zero-order chi connectivity index (χ0) is 39.2. The van der Waals surface area contributed by atoms with Crippen molar-refractivity contribution in [3.8, 4) is 16.8 Å². The van der Waals surface area contributed by atoms with Gasteiger partial charge in [-0.1, -0.05) is 134 Å². The summed E-state index contributed by atoms with van der Waals surface area (Å²) in [6, 6.07) is 55.2. The molecule has 0 fully saturated rings. The molecule has 282 valence electrons. The number of aromatic nitrogens is 1. The number of fused-ring (bicyclic) bond motifs is 9. The van der Waals surface area contributed by atoms with Crippen LogP contribution in [0.15, 0.2) is 183 Å². The molecule has 6 nitrogen and oxygen atoms in total. The molecule has 6 heteroatoms. The lowest BCUT2D eigenvalue weighted by molar-refractivity contribution is 0.383. The van der Waals surface area contributed by atoms with Crippen LogP contribution in [-0.2, 0) is 6.42 Å². The van der Waals surface area contributed by atoms with E-state index >= 15 is 0 Å². The molecule has 2 atom stereocenters. The Morgan fingerprint density at radius 1 is 0.610 bits per heavy atom. The highest BCUT2D eigenvalue weighted by Crippen LogP contribution is 2.44. The molecule has 2 unspecified atom stereocenters. The van der Waals surface area contributed by atoms with Crippen LogP contribution in [0.25, 0.3) is 77.7 Å². The number of amidine groups is 2. The first kappa shape index (κ1) is 33.7. The van der Waals surface area contributed by atoms with Gasteiger partial charge in [-0.25, -0.2) is 9.98 Å². The number of nitrogens with zero attached hydrogens (tertiary/aromatic N) is 4. The maximum atomic E-state index is 6.90. The minimum absolute atomic E-state index is 0.263. The van der Waals surface area contributed by atoms with Gasteiger partial charge in [0.05, 0.1) is 11.1 Å². The molecule has 0 radical (unpaired) electrons. The topological polar surface area (TPSA) is 59.2 Å². The van der Waals surface area contributed by atoms with Crippen LogP contribution in [0.4, 0.5) is 0 Å². The van der Waals surface area contributed by atoms with Crippen molar-refractivity contribution in [2.45, 2.75) is 19.5 Å². The second-order valence-electron chi connectivity index (χ2n) is 15.8. The molecule has 10 aromatic rings. The maximum Gasteiger partial charge on any atom is 0.159 e. The largest absolute Gasteiger partial charge is 0.456 e. The molecule has 0 spiro atoms. The summed E-state index contributed by atoms with van der Waals surface area (Å²) in [7, 11) is 2.07. The maximum absolute atomic E-state index is 6.90. The molecule has 59 heavy (non-hydrogen) atoms. The first-order valence-corrected chi connectivity index (χ1v) is 20.3. The van der Waals surface area contributed by atoms with Crippen LogP contribution in [0.3, 0.4) is 0 Å². The number of hydrogen-bond acceptors (Lipinski definition) is 5. The lowest BCUT2D eigenvalue weighted by atomic mass is 9.94. The Bertz CT molecular complexity index is 3400. The molecule has 12 rings (SSSR count). The Balaban J connectivity index is 1.05. The predicted octanol–water partition coefficient (Wildman–Crippen LogP) is 13.1. The van der Waals surface area contributed by atoms with E-state index in [0.717, 1.165) is 89.6 Å². The molecule has 0 amide bonds. The summed E-state index contributed by atoms with van der Waals surface area (Å²) in [6.45, 7) is 2.29. The monoisotopic (exact) mass is 762 g/mol. The Morgan fingerprint density at radius 2 is 1.29 bits per heavy atom. The van der Waals surface area contributed by atoms with Gasteiger partial charge in [0.1, 0.15) is 34.3 Å². The summed E-state index contributed by atoms with van der Waals surface area (Å²) in [5, 5.41) is 5.55. The van der Waals surface area contributed by atoms with Crippen molar-refractivity contribution < 1.29 is 8.83 Å². The van der Waals surface area contributed by atoms with Gasteiger partial charge in [-0.2, -0.15) is 0 Å². The Labute approximate surface area is 340 Å². The van der Waals surface area contributed by atoms with Crippen LogP contribution in [0.2, 0.25) is 0 Å². The zero-order valence-corrected chi connectivity index (χ0v) is 32.6. The first-order chi connectivity index (χ1) is 29.1. The minimum Gasteiger partial charge on any atom is -0.456 e. The van der Waals surface area contributed by atoms with E-state index in [4.69, 9.17) is 18.8 Å². The van der Waals surface area contributed by atoms with Gasteiger partial charge in [0.15, 0.2) is 5.84 Å². The van der Waals surface area contributed by atoms with Crippen molar-refractivity contribution in [2.75, 3.05) is 7.05 Å². The van der Waals surface area contributed by atoms with E-state index in [1.165, 1.54) is 22.2 Å². The third kappa shape index (κ3) is 5.19. The smallest absolute Gasteiger partial charge is 0.159 e. The summed E-state index contributed by atoms with van der Waals surface area (Å²) < 4.78 is 16.0. The van der Waals surface area contributed by atoms with Crippen LogP contribution in [0, 0.1) is 5.92 Å². The molecular formula is C53H38N4O2. The molecule has 0 bridgehead atoms. The highest BCUT2D eigenvalue weighted by atomic mass is 16.3. The quantitative estimate of drug-likeness (QED) is 0.175. The Kier molecular flexibility index (Phi) is 7.45. The van der Waals surface area contributed by atoms with Crippen LogP contribution in [0.5, 0.6) is 0 Å². The summed E-state index contributed by atoms with van der Waals surface area (Å²) in [6.07, 6.45) is 5.37. The third-order valence-corrected chi connectivity index (χ3v) is 12.2. The van der Waals surface area contributed by atoms with E-state index in [-0.39, 0.29) is 6.17 Å². The van der Waals surface area contributed by atoms with Crippen molar-refractivity contribution in [1.29, 1.82) is 0 Å². The van der Waals surface area contributed by atoms with Gasteiger partial charge in [0.2, 0.25) is 0 Å². The molecule has 1 aliphatic carbocycles. The van der Waals surface area contributed by atoms with E-state index in [1.54, 1.807) is 0 Å². The highest BCUT2D eigenvalue weighted by Gasteiger charge is 2.29. The van der Waals surface area contributed by atoms with Gasteiger partial charge in [-0.15, -0.1) is 0 Å². The number of hydrogen-bond donors (Lipinski definition) is 0. The van der Waals surface area contributed by atoms with Gasteiger partial charge < -0.3 is 18.3 Å². The standard InChI is InChI=1S/C53H38N4O2/c1-32-26-28-37-36-18-9-10-23-43(36)57(44(37)30-32)35-27-29-45-42(31-35)49-39(20-12-24-46(49)58-45)38-19-13-25-47-48(38)40-21-11-22-41(50(40)59-47)53-55-51(33-14-5-3-6-15-33)54-52(56(53)2)34-16-7-4-8-17-34/h3-29,31-32,52H,30H2,1-2H3. The molecule has 3 aromatic heterocycles. The van der Waals surface area contributed by atoms with Crippen LogP contribution in [-0.4, -0.2) is 28.2 Å². The summed E-state index contributed by atoms with van der Waals surface area (Å²) in [5.41, 5.74) is 13.5. The van der Waals surface area contributed by atoms with Gasteiger partial charge in [-0.3, -0.25) is 0 Å². The van der Waals surface area contributed by atoms with Crippen molar-refractivity contribution in [3.63, 3.8) is 0 Å². The number of aliphatic imine (C=N–C) groups is 2. The number of rotatable bonds is 5. The highest BCUT2D eigenvalue weighted by molar-refractivity contribution is 6.23. The first-order valence-electron chi connectivity index (χ1n) is 20.3. The zero-order valence-electron chi connectivity index (χ0n) is 32.6. The Hall–Kier alpha value is -7.44. The van der Waals surface area contributed by atoms with E-state index in [2.05, 4.69) is 169 Å². The van der Waals surface area contributed by atoms with Gasteiger partial charge in [-0.05, 0) is 71.5 Å². The van der Waals surface area contributed by atoms with Gasteiger partial charge in [0.25, 0.3) is 0 Å². The van der Waals surface area contributed by atoms with Gasteiger partial charge in [0, 0.05) is 56.5 Å². The summed E-state index contributed by atoms with van der Waals surface area (Å²) in [4.78, 5) is 12.6. The SMILES string of the molecule is CC1C=Cc2c(n(-c3ccc4oc5cccc(-c6cccc7oc8c(C9=NC(c%10ccccc%10)=NC(c%10ccccc%10)N9C)cccc8c67)c5c4c3)c3ccccc23)C1. The summed E-state index contributed by atoms with van der Waals surface area (Å²) >= 11 is 0. The number of allylic oxidation sites excluding steroid dienone is 1. The summed E-state index contributed by atoms with van der Waals surface area (Å²) in [5.74, 6) is 1.97. The fourth-order valence-corrected chi connectivity index (χ4v) is 9.49. The molecule has 0 saturated carbocycles. The van der Waals surface area contributed by atoms with E-state index in [9.17, 15) is 0 Å². The predicted molar refractivity (Wildman–Crippen MR) is 242 cm³/mol. The molecule has 7 aromatic carbocycles. The molecule has 0 N–H and O–H groups in total. The molecule has 1 aliphatic heterocycles. The molecule has 4 heterocycles. The average Bonchev–Trinajstić information content (AvgIpc) is 3.96. The van der Waals surface area contributed by atoms with Crippen molar-refractivity contribution in [2.24, 2.45) is 15.9 Å². The normalized spacial score (nSPS) is 16.7. The number of furan rings is 2. The molecule has 0 saturated heterocycles. The van der Waals surface area contributed by atoms with E-state index in [0.29, 0.717) is 11.8 Å². The third-order valence-electron chi connectivity index (χ3n) is 12.2.